The van der Waals surface area contributed by atoms with E-state index in [0.717, 1.165) is 17.0 Å². The highest BCUT2D eigenvalue weighted by atomic mass is 16.3. The largest absolute Gasteiger partial charge is 0.396 e. The number of anilines is 1. The molecule has 5 heteroatoms. The van der Waals surface area contributed by atoms with Crippen LogP contribution in [0.4, 0.5) is 5.82 Å². The van der Waals surface area contributed by atoms with Crippen molar-refractivity contribution in [2.45, 2.75) is 45.6 Å². The molecule has 104 valence electrons. The predicted octanol–water partition coefficient (Wildman–Crippen LogP) is 2.21. The maximum atomic E-state index is 8.96. The number of nitrogens with zero attached hydrogens (tertiary/aromatic N) is 3. The number of aliphatic hydroxyl groups excluding tert-OH is 1. The Morgan fingerprint density at radius 1 is 1.42 bits per heavy atom. The molecule has 0 radical (unpaired) electrons. The first-order valence-electron chi connectivity index (χ1n) is 6.64. The summed E-state index contributed by atoms with van der Waals surface area (Å²) in [5, 5.41) is 16.9. The Morgan fingerprint density at radius 3 is 2.79 bits per heavy atom. The van der Waals surface area contributed by atoms with Crippen molar-refractivity contribution in [2.24, 2.45) is 0 Å². The van der Waals surface area contributed by atoms with E-state index in [1.54, 1.807) is 6.20 Å². The average molecular weight is 262 g/mol. The molecule has 1 unspecified atom stereocenters. The van der Waals surface area contributed by atoms with E-state index in [0.29, 0.717) is 6.42 Å². The van der Waals surface area contributed by atoms with Gasteiger partial charge >= 0.3 is 0 Å². The highest BCUT2D eigenvalue weighted by Crippen LogP contribution is 2.24. The fourth-order valence-corrected chi connectivity index (χ4v) is 1.90. The fourth-order valence-electron chi connectivity index (χ4n) is 1.90. The van der Waals surface area contributed by atoms with Crippen molar-refractivity contribution in [3.8, 4) is 0 Å². The molecule has 2 N–H and O–H groups in total. The summed E-state index contributed by atoms with van der Waals surface area (Å²) in [5.41, 5.74) is 2.02. The highest BCUT2D eigenvalue weighted by molar-refractivity contribution is 5.68. The van der Waals surface area contributed by atoms with Crippen LogP contribution in [-0.2, 0) is 5.41 Å². The molecule has 19 heavy (non-hydrogen) atoms. The third-order valence-electron chi connectivity index (χ3n) is 3.10. The van der Waals surface area contributed by atoms with Crippen LogP contribution in [0.5, 0.6) is 0 Å². The van der Waals surface area contributed by atoms with Crippen molar-refractivity contribution in [3.05, 3.63) is 24.2 Å². The summed E-state index contributed by atoms with van der Waals surface area (Å²) in [5.74, 6) is 0.812. The lowest BCUT2D eigenvalue weighted by Crippen LogP contribution is -2.17. The molecule has 0 amide bonds. The average Bonchev–Trinajstić information content (AvgIpc) is 2.74. The van der Waals surface area contributed by atoms with Crippen LogP contribution in [0, 0.1) is 0 Å². The topological polar surface area (TPSA) is 62.5 Å². The van der Waals surface area contributed by atoms with E-state index in [9.17, 15) is 0 Å². The Morgan fingerprint density at radius 2 is 2.16 bits per heavy atom. The molecule has 2 aromatic rings. The Kier molecular flexibility index (Phi) is 3.75. The van der Waals surface area contributed by atoms with Gasteiger partial charge in [0.25, 0.3) is 0 Å². The van der Waals surface area contributed by atoms with E-state index < -0.39 is 0 Å². The van der Waals surface area contributed by atoms with Crippen LogP contribution in [0.2, 0.25) is 0 Å². The Labute approximate surface area is 113 Å². The Bertz CT molecular complexity index is 556. The third kappa shape index (κ3) is 3.04. The first-order chi connectivity index (χ1) is 8.91. The van der Waals surface area contributed by atoms with Crippen LogP contribution in [0.1, 0.15) is 39.8 Å². The summed E-state index contributed by atoms with van der Waals surface area (Å²) in [6, 6.07) is 2.25. The second kappa shape index (κ2) is 5.17. The highest BCUT2D eigenvalue weighted by Gasteiger charge is 2.19. The number of hydrogen-bond donors (Lipinski definition) is 2. The quantitative estimate of drug-likeness (QED) is 0.886. The minimum Gasteiger partial charge on any atom is -0.396 e. The van der Waals surface area contributed by atoms with Crippen molar-refractivity contribution < 1.29 is 5.11 Å². The van der Waals surface area contributed by atoms with E-state index in [1.807, 2.05) is 17.6 Å². The lowest BCUT2D eigenvalue weighted by atomic mass is 9.92. The van der Waals surface area contributed by atoms with E-state index in [-0.39, 0.29) is 18.1 Å². The molecule has 0 aliphatic carbocycles. The van der Waals surface area contributed by atoms with Gasteiger partial charge in [0.1, 0.15) is 5.52 Å². The molecule has 0 saturated heterocycles. The molecule has 2 heterocycles. The first-order valence-corrected chi connectivity index (χ1v) is 6.64. The lowest BCUT2D eigenvalue weighted by molar-refractivity contribution is 0.282. The van der Waals surface area contributed by atoms with Gasteiger partial charge in [-0.2, -0.15) is 5.10 Å². The molecule has 5 nitrogen and oxygen atoms in total. The predicted molar refractivity (Wildman–Crippen MR) is 76.5 cm³/mol. The monoisotopic (exact) mass is 262 g/mol. The molecule has 0 aromatic carbocycles. The van der Waals surface area contributed by atoms with Gasteiger partial charge in [-0.3, -0.25) is 0 Å². The molecule has 2 rings (SSSR count). The van der Waals surface area contributed by atoms with Crippen LogP contribution in [0.3, 0.4) is 0 Å². The van der Waals surface area contributed by atoms with Gasteiger partial charge in [0.2, 0.25) is 0 Å². The van der Waals surface area contributed by atoms with Crippen molar-refractivity contribution >= 4 is 11.3 Å². The molecule has 0 fully saturated rings. The molecule has 0 saturated carbocycles. The van der Waals surface area contributed by atoms with Gasteiger partial charge in [-0.1, -0.05) is 20.8 Å². The molecule has 0 aliphatic heterocycles. The fraction of sp³-hybridized carbons (Fsp3) is 0.571. The van der Waals surface area contributed by atoms with Gasteiger partial charge in [-0.25, -0.2) is 9.50 Å². The number of nitrogens with one attached hydrogen (secondary N) is 1. The van der Waals surface area contributed by atoms with E-state index >= 15 is 0 Å². The minimum absolute atomic E-state index is 0.0139. The minimum atomic E-state index is 0.0139. The maximum absolute atomic E-state index is 8.96. The van der Waals surface area contributed by atoms with E-state index in [2.05, 4.69) is 42.2 Å². The second-order valence-electron chi connectivity index (χ2n) is 5.94. The molecule has 1 atom stereocenters. The van der Waals surface area contributed by atoms with Gasteiger partial charge in [-0.15, -0.1) is 0 Å². The maximum Gasteiger partial charge on any atom is 0.152 e. The summed E-state index contributed by atoms with van der Waals surface area (Å²) in [6.07, 6.45) is 4.29. The van der Waals surface area contributed by atoms with Gasteiger partial charge in [0, 0.05) is 30.5 Å². The van der Waals surface area contributed by atoms with E-state index in [1.165, 1.54) is 0 Å². The first kappa shape index (κ1) is 13.8. The van der Waals surface area contributed by atoms with Crippen LogP contribution >= 0.6 is 0 Å². The number of aliphatic hydroxyl groups is 1. The normalized spacial score (nSPS) is 13.7. The standard InChI is InChI=1S/C14H22N4O/c1-10(5-8-19)16-13-11-9-12(14(2,3)4)17-18(11)7-6-15-13/h6-7,9-10,19H,5,8H2,1-4H3,(H,15,16). The van der Waals surface area contributed by atoms with Crippen molar-refractivity contribution in [1.82, 2.24) is 14.6 Å². The Balaban J connectivity index is 2.37. The van der Waals surface area contributed by atoms with E-state index in [4.69, 9.17) is 5.11 Å². The second-order valence-corrected chi connectivity index (χ2v) is 5.94. The SMILES string of the molecule is CC(CCO)Nc1nccn2nc(C(C)(C)C)cc12. The summed E-state index contributed by atoms with van der Waals surface area (Å²) in [6.45, 7) is 8.63. The number of fused-ring (bicyclic) bond motifs is 1. The summed E-state index contributed by atoms with van der Waals surface area (Å²) < 4.78 is 1.85. The summed E-state index contributed by atoms with van der Waals surface area (Å²) >= 11 is 0. The van der Waals surface area contributed by atoms with Crippen LogP contribution in [0.25, 0.3) is 5.52 Å². The molecule has 0 spiro atoms. The van der Waals surface area contributed by atoms with Crippen molar-refractivity contribution in [1.29, 1.82) is 0 Å². The van der Waals surface area contributed by atoms with Gasteiger partial charge in [0.15, 0.2) is 5.82 Å². The van der Waals surface area contributed by atoms with Gasteiger partial charge < -0.3 is 10.4 Å². The number of rotatable bonds is 4. The van der Waals surface area contributed by atoms with Crippen LogP contribution in [0.15, 0.2) is 18.5 Å². The molecular weight excluding hydrogens is 240 g/mol. The van der Waals surface area contributed by atoms with Crippen LogP contribution in [-0.4, -0.2) is 32.4 Å². The molecule has 2 aromatic heterocycles. The zero-order valence-electron chi connectivity index (χ0n) is 12.0. The lowest BCUT2D eigenvalue weighted by Gasteiger charge is -2.13. The Hall–Kier alpha value is -1.62. The van der Waals surface area contributed by atoms with Gasteiger partial charge in [-0.05, 0) is 19.4 Å². The number of aromatic nitrogens is 3. The molecule has 0 aliphatic rings. The van der Waals surface area contributed by atoms with Crippen LogP contribution < -0.4 is 5.32 Å². The number of hydrogen-bond acceptors (Lipinski definition) is 4. The third-order valence-corrected chi connectivity index (χ3v) is 3.10. The molecular formula is C14H22N4O. The smallest absolute Gasteiger partial charge is 0.152 e. The molecule has 0 bridgehead atoms. The summed E-state index contributed by atoms with van der Waals surface area (Å²) in [4.78, 5) is 4.37. The van der Waals surface area contributed by atoms with Gasteiger partial charge in [0.05, 0.1) is 5.69 Å². The van der Waals surface area contributed by atoms with Crippen molar-refractivity contribution in [2.75, 3.05) is 11.9 Å². The summed E-state index contributed by atoms with van der Waals surface area (Å²) in [7, 11) is 0. The van der Waals surface area contributed by atoms with Crippen molar-refractivity contribution in [3.63, 3.8) is 0 Å². The zero-order chi connectivity index (χ0) is 14.0. The zero-order valence-corrected chi connectivity index (χ0v) is 12.0.